The van der Waals surface area contributed by atoms with Crippen molar-refractivity contribution in [3.05, 3.63) is 53.3 Å². The molecule has 1 aromatic heterocycles. The second kappa shape index (κ2) is 9.60. The van der Waals surface area contributed by atoms with Crippen LogP contribution in [0.3, 0.4) is 0 Å². The molecule has 160 valence electrons. The van der Waals surface area contributed by atoms with E-state index >= 15 is 0 Å². The summed E-state index contributed by atoms with van der Waals surface area (Å²) in [6.45, 7) is 4.19. The highest BCUT2D eigenvalue weighted by Crippen LogP contribution is 2.24. The number of hydrogen-bond donors (Lipinski definition) is 0. The number of furan rings is 1. The molecule has 31 heavy (non-hydrogen) atoms. The van der Waals surface area contributed by atoms with Crippen molar-refractivity contribution in [1.82, 2.24) is 9.80 Å². The third kappa shape index (κ3) is 4.85. The van der Waals surface area contributed by atoms with Gasteiger partial charge in [-0.2, -0.15) is 5.26 Å². The minimum atomic E-state index is -0.324. The predicted molar refractivity (Wildman–Crippen MR) is 112 cm³/mol. The van der Waals surface area contributed by atoms with Crippen molar-refractivity contribution in [3.63, 3.8) is 0 Å². The molecule has 2 amide bonds. The third-order valence-electron chi connectivity index (χ3n) is 5.28. The fraction of sp³-hybridized carbons (Fsp3) is 0.348. The minimum Gasteiger partial charge on any atom is -0.457 e. The van der Waals surface area contributed by atoms with Gasteiger partial charge in [-0.25, -0.2) is 0 Å². The van der Waals surface area contributed by atoms with Crippen molar-refractivity contribution >= 4 is 17.9 Å². The van der Waals surface area contributed by atoms with Crippen molar-refractivity contribution < 1.29 is 23.5 Å². The molecule has 2 aliphatic rings. The van der Waals surface area contributed by atoms with E-state index in [0.29, 0.717) is 69.7 Å². The van der Waals surface area contributed by atoms with Crippen LogP contribution in [0.2, 0.25) is 0 Å². The molecular formula is C23H23N3O5. The number of benzene rings is 1. The molecule has 2 aliphatic heterocycles. The predicted octanol–water partition coefficient (Wildman–Crippen LogP) is 2.18. The lowest BCUT2D eigenvalue weighted by Crippen LogP contribution is -2.41. The van der Waals surface area contributed by atoms with Crippen molar-refractivity contribution in [2.45, 2.75) is 0 Å². The molecule has 0 saturated carbocycles. The van der Waals surface area contributed by atoms with Crippen LogP contribution in [0.1, 0.15) is 16.1 Å². The monoisotopic (exact) mass is 421 g/mol. The standard InChI is InChI=1S/C23H23N3O5/c24-16-19(23(28)26-9-13-30-14-10-26)15-20-5-6-21(31-20)17-1-3-18(4-2-17)22(27)25-7-11-29-12-8-25/h1-6,15H,7-14H2. The Morgan fingerprint density at radius 2 is 1.48 bits per heavy atom. The fourth-order valence-corrected chi connectivity index (χ4v) is 3.53. The highest BCUT2D eigenvalue weighted by Gasteiger charge is 2.21. The first kappa shape index (κ1) is 20.8. The first-order chi connectivity index (χ1) is 15.2. The van der Waals surface area contributed by atoms with Gasteiger partial charge >= 0.3 is 0 Å². The van der Waals surface area contributed by atoms with Crippen LogP contribution in [0.4, 0.5) is 0 Å². The number of carbonyl (C=O) groups excluding carboxylic acids is 2. The zero-order valence-corrected chi connectivity index (χ0v) is 17.1. The maximum atomic E-state index is 12.6. The van der Waals surface area contributed by atoms with Crippen LogP contribution >= 0.6 is 0 Å². The quantitative estimate of drug-likeness (QED) is 0.555. The Morgan fingerprint density at radius 3 is 2.10 bits per heavy atom. The molecule has 4 rings (SSSR count). The van der Waals surface area contributed by atoms with Gasteiger partial charge in [-0.05, 0) is 24.3 Å². The van der Waals surface area contributed by atoms with Gasteiger partial charge in [-0.1, -0.05) is 12.1 Å². The Morgan fingerprint density at radius 1 is 0.871 bits per heavy atom. The van der Waals surface area contributed by atoms with Crippen LogP contribution in [0, 0.1) is 11.3 Å². The summed E-state index contributed by atoms with van der Waals surface area (Å²) in [5.41, 5.74) is 1.44. The number of amides is 2. The Labute approximate surface area is 180 Å². The fourth-order valence-electron chi connectivity index (χ4n) is 3.53. The van der Waals surface area contributed by atoms with E-state index in [1.165, 1.54) is 6.08 Å². The molecule has 0 bridgehead atoms. The van der Waals surface area contributed by atoms with E-state index in [9.17, 15) is 14.9 Å². The summed E-state index contributed by atoms with van der Waals surface area (Å²) >= 11 is 0. The lowest BCUT2D eigenvalue weighted by atomic mass is 10.1. The smallest absolute Gasteiger partial charge is 0.264 e. The average molecular weight is 421 g/mol. The third-order valence-corrected chi connectivity index (χ3v) is 5.28. The second-order valence-corrected chi connectivity index (χ2v) is 7.26. The summed E-state index contributed by atoms with van der Waals surface area (Å²) in [5, 5.41) is 9.42. The highest BCUT2D eigenvalue weighted by atomic mass is 16.5. The first-order valence-electron chi connectivity index (χ1n) is 10.2. The maximum Gasteiger partial charge on any atom is 0.264 e. The number of nitriles is 1. The zero-order chi connectivity index (χ0) is 21.6. The van der Waals surface area contributed by atoms with E-state index in [-0.39, 0.29) is 17.4 Å². The van der Waals surface area contributed by atoms with E-state index in [2.05, 4.69) is 0 Å². The topological polar surface area (TPSA) is 96.0 Å². The molecule has 0 atom stereocenters. The Kier molecular flexibility index (Phi) is 6.46. The molecule has 0 unspecified atom stereocenters. The van der Waals surface area contributed by atoms with Crippen molar-refractivity contribution in [3.8, 4) is 17.4 Å². The number of ether oxygens (including phenoxy) is 2. The van der Waals surface area contributed by atoms with Gasteiger partial charge in [0.05, 0.1) is 26.4 Å². The molecular weight excluding hydrogens is 398 g/mol. The SMILES string of the molecule is N#CC(=Cc1ccc(-c2ccc(C(=O)N3CCOCC3)cc2)o1)C(=O)N1CCOCC1. The van der Waals surface area contributed by atoms with Crippen molar-refractivity contribution in [2.75, 3.05) is 52.6 Å². The summed E-state index contributed by atoms with van der Waals surface area (Å²) in [6.07, 6.45) is 1.46. The van der Waals surface area contributed by atoms with E-state index in [1.54, 1.807) is 34.1 Å². The van der Waals surface area contributed by atoms with Gasteiger partial charge in [-0.3, -0.25) is 9.59 Å². The van der Waals surface area contributed by atoms with E-state index < -0.39 is 0 Å². The molecule has 1 aromatic carbocycles. The van der Waals surface area contributed by atoms with Crippen molar-refractivity contribution in [2.24, 2.45) is 0 Å². The van der Waals surface area contributed by atoms with E-state index in [4.69, 9.17) is 13.9 Å². The molecule has 0 N–H and O–H groups in total. The first-order valence-corrected chi connectivity index (χ1v) is 10.2. The van der Waals surface area contributed by atoms with Crippen LogP contribution in [0.25, 0.3) is 17.4 Å². The van der Waals surface area contributed by atoms with Gasteiger partial charge in [0, 0.05) is 43.4 Å². The molecule has 0 aliphatic carbocycles. The van der Waals surface area contributed by atoms with Crippen LogP contribution in [0.15, 0.2) is 46.4 Å². The summed E-state index contributed by atoms with van der Waals surface area (Å²) in [4.78, 5) is 28.5. The highest BCUT2D eigenvalue weighted by molar-refractivity contribution is 6.01. The van der Waals surface area contributed by atoms with Crippen LogP contribution < -0.4 is 0 Å². The number of morpholine rings is 2. The molecule has 2 saturated heterocycles. The van der Waals surface area contributed by atoms with Gasteiger partial charge in [0.2, 0.25) is 0 Å². The Hall–Kier alpha value is -3.41. The minimum absolute atomic E-state index is 0.0156. The Balaban J connectivity index is 1.46. The molecule has 0 spiro atoms. The normalized spacial score (nSPS) is 17.3. The lowest BCUT2D eigenvalue weighted by Gasteiger charge is -2.26. The maximum absolute atomic E-state index is 12.6. The molecule has 0 radical (unpaired) electrons. The zero-order valence-electron chi connectivity index (χ0n) is 17.1. The van der Waals surface area contributed by atoms with Crippen LogP contribution in [0.5, 0.6) is 0 Å². The Bertz CT molecular complexity index is 1010. The van der Waals surface area contributed by atoms with Gasteiger partial charge in [0.1, 0.15) is 23.2 Å². The number of carbonyl (C=O) groups is 2. The number of hydrogen-bond acceptors (Lipinski definition) is 6. The van der Waals surface area contributed by atoms with E-state index in [1.807, 2.05) is 18.2 Å². The molecule has 8 heteroatoms. The van der Waals surface area contributed by atoms with Gasteiger partial charge < -0.3 is 23.7 Å². The van der Waals surface area contributed by atoms with Gasteiger partial charge in [0.15, 0.2) is 0 Å². The summed E-state index contributed by atoms with van der Waals surface area (Å²) in [6, 6.07) is 12.6. The molecule has 2 fully saturated rings. The summed E-state index contributed by atoms with van der Waals surface area (Å²) in [5.74, 6) is 0.669. The largest absolute Gasteiger partial charge is 0.457 e. The molecule has 2 aromatic rings. The average Bonchev–Trinajstić information content (AvgIpc) is 3.31. The van der Waals surface area contributed by atoms with Crippen LogP contribution in [-0.2, 0) is 14.3 Å². The lowest BCUT2D eigenvalue weighted by molar-refractivity contribution is -0.130. The van der Waals surface area contributed by atoms with Crippen molar-refractivity contribution in [1.29, 1.82) is 5.26 Å². The van der Waals surface area contributed by atoms with E-state index in [0.717, 1.165) is 5.56 Å². The number of rotatable bonds is 4. The van der Waals surface area contributed by atoms with Gasteiger partial charge in [0.25, 0.3) is 11.8 Å². The van der Waals surface area contributed by atoms with Crippen LogP contribution in [-0.4, -0.2) is 74.2 Å². The molecule has 8 nitrogen and oxygen atoms in total. The summed E-state index contributed by atoms with van der Waals surface area (Å²) in [7, 11) is 0. The molecule has 3 heterocycles. The second-order valence-electron chi connectivity index (χ2n) is 7.26. The summed E-state index contributed by atoms with van der Waals surface area (Å²) < 4.78 is 16.4. The van der Waals surface area contributed by atoms with Gasteiger partial charge in [-0.15, -0.1) is 0 Å². The number of nitrogens with zero attached hydrogens (tertiary/aromatic N) is 3.